The summed E-state index contributed by atoms with van der Waals surface area (Å²) in [6.45, 7) is 5.67. The van der Waals surface area contributed by atoms with Gasteiger partial charge in [0.15, 0.2) is 0 Å². The highest BCUT2D eigenvalue weighted by Crippen LogP contribution is 2.24. The number of carbonyl (C=O) groups excluding carboxylic acids is 1. The lowest BCUT2D eigenvalue weighted by Gasteiger charge is -2.13. The van der Waals surface area contributed by atoms with Crippen LogP contribution in [0.4, 0.5) is 0 Å². The molecule has 5 nitrogen and oxygen atoms in total. The van der Waals surface area contributed by atoms with Gasteiger partial charge in [-0.05, 0) is 54.4 Å². The minimum absolute atomic E-state index is 0.103. The number of esters is 1. The molecule has 0 fully saturated rings. The van der Waals surface area contributed by atoms with Crippen LogP contribution in [0, 0.1) is 0 Å². The van der Waals surface area contributed by atoms with E-state index in [1.807, 2.05) is 6.92 Å². The Morgan fingerprint density at radius 1 is 1.40 bits per heavy atom. The summed E-state index contributed by atoms with van der Waals surface area (Å²) in [5.74, 6) is -0.480. The Bertz CT molecular complexity index is 586. The highest BCUT2D eigenvalue weighted by molar-refractivity contribution is 9.10. The summed E-state index contributed by atoms with van der Waals surface area (Å²) in [5, 5.41) is 0. The van der Waals surface area contributed by atoms with E-state index in [0.29, 0.717) is 16.5 Å². The van der Waals surface area contributed by atoms with E-state index in [1.54, 1.807) is 13.8 Å². The van der Waals surface area contributed by atoms with Gasteiger partial charge in [0, 0.05) is 10.5 Å². The van der Waals surface area contributed by atoms with Crippen LogP contribution in [-0.2, 0) is 14.8 Å². The van der Waals surface area contributed by atoms with Gasteiger partial charge >= 0.3 is 5.97 Å². The van der Waals surface area contributed by atoms with Crippen molar-refractivity contribution in [3.05, 3.63) is 28.2 Å². The maximum atomic E-state index is 12.2. The van der Waals surface area contributed by atoms with Crippen LogP contribution in [0.2, 0.25) is 0 Å². The van der Waals surface area contributed by atoms with E-state index in [4.69, 9.17) is 4.74 Å². The van der Waals surface area contributed by atoms with E-state index < -0.39 is 16.0 Å². The molecule has 112 valence electrons. The fourth-order valence-corrected chi connectivity index (χ4v) is 3.88. The first-order valence-electron chi connectivity index (χ1n) is 6.30. The lowest BCUT2D eigenvalue weighted by atomic mass is 10.2. The van der Waals surface area contributed by atoms with Crippen LogP contribution in [-0.4, -0.2) is 27.0 Å². The van der Waals surface area contributed by atoms with Crippen molar-refractivity contribution in [2.45, 2.75) is 38.1 Å². The largest absolute Gasteiger partial charge is 0.462 e. The molecule has 7 heteroatoms. The molecular weight excluding hydrogens is 346 g/mol. The number of rotatable bonds is 6. The van der Waals surface area contributed by atoms with Gasteiger partial charge in [0.1, 0.15) is 0 Å². The first-order chi connectivity index (χ1) is 9.31. The second kappa shape index (κ2) is 7.19. The summed E-state index contributed by atoms with van der Waals surface area (Å²) in [5.41, 5.74) is 0.307. The van der Waals surface area contributed by atoms with E-state index in [-0.39, 0.29) is 17.5 Å². The number of carbonyl (C=O) groups is 1. The highest BCUT2D eigenvalue weighted by Gasteiger charge is 2.21. The Morgan fingerprint density at radius 2 is 2.05 bits per heavy atom. The number of sulfonamides is 1. The van der Waals surface area contributed by atoms with E-state index in [2.05, 4.69) is 20.7 Å². The summed E-state index contributed by atoms with van der Waals surface area (Å²) in [6, 6.07) is 4.12. The molecule has 0 amide bonds. The lowest BCUT2D eigenvalue weighted by Crippen LogP contribution is -2.32. The van der Waals surface area contributed by atoms with Gasteiger partial charge in [-0.3, -0.25) is 0 Å². The van der Waals surface area contributed by atoms with Crippen LogP contribution in [0.5, 0.6) is 0 Å². The predicted molar refractivity (Wildman–Crippen MR) is 80.2 cm³/mol. The maximum absolute atomic E-state index is 12.2. The molecule has 0 heterocycles. The monoisotopic (exact) mass is 363 g/mol. The zero-order valence-corrected chi connectivity index (χ0v) is 14.0. The molecule has 0 saturated heterocycles. The third kappa shape index (κ3) is 4.29. The number of hydrogen-bond acceptors (Lipinski definition) is 4. The lowest BCUT2D eigenvalue weighted by molar-refractivity contribution is 0.0526. The average molecular weight is 364 g/mol. The van der Waals surface area contributed by atoms with Gasteiger partial charge in [0.2, 0.25) is 10.0 Å². The van der Waals surface area contributed by atoms with Crippen LogP contribution in [0.1, 0.15) is 37.6 Å². The Hall–Kier alpha value is -0.920. The van der Waals surface area contributed by atoms with Crippen molar-refractivity contribution in [3.8, 4) is 0 Å². The number of halogens is 1. The number of hydrogen-bond donors (Lipinski definition) is 1. The maximum Gasteiger partial charge on any atom is 0.338 e. The van der Waals surface area contributed by atoms with E-state index in [9.17, 15) is 13.2 Å². The van der Waals surface area contributed by atoms with Crippen molar-refractivity contribution in [2.24, 2.45) is 0 Å². The molecule has 1 rings (SSSR count). The first-order valence-corrected chi connectivity index (χ1v) is 8.58. The van der Waals surface area contributed by atoms with E-state index >= 15 is 0 Å². The van der Waals surface area contributed by atoms with Crippen molar-refractivity contribution in [1.82, 2.24) is 4.72 Å². The van der Waals surface area contributed by atoms with Crippen LogP contribution in [0.25, 0.3) is 0 Å². The highest BCUT2D eigenvalue weighted by atomic mass is 79.9. The van der Waals surface area contributed by atoms with E-state index in [0.717, 1.165) is 0 Å². The van der Waals surface area contributed by atoms with Gasteiger partial charge in [0.25, 0.3) is 0 Å². The molecule has 1 unspecified atom stereocenters. The van der Waals surface area contributed by atoms with Crippen molar-refractivity contribution in [3.63, 3.8) is 0 Å². The number of nitrogens with one attached hydrogen (secondary N) is 1. The van der Waals surface area contributed by atoms with Crippen molar-refractivity contribution < 1.29 is 17.9 Å². The van der Waals surface area contributed by atoms with E-state index in [1.165, 1.54) is 18.2 Å². The topological polar surface area (TPSA) is 72.5 Å². The van der Waals surface area contributed by atoms with Crippen LogP contribution in [0.3, 0.4) is 0 Å². The Balaban J connectivity index is 3.07. The van der Waals surface area contributed by atoms with Crippen molar-refractivity contribution >= 4 is 31.9 Å². The van der Waals surface area contributed by atoms with Gasteiger partial charge in [-0.25, -0.2) is 17.9 Å². The summed E-state index contributed by atoms with van der Waals surface area (Å²) in [4.78, 5) is 11.7. The molecular formula is C13H18BrNO4S. The van der Waals surface area contributed by atoms with Gasteiger partial charge in [-0.2, -0.15) is 0 Å². The molecule has 1 aromatic carbocycles. The predicted octanol–water partition coefficient (Wildman–Crippen LogP) is 2.70. The average Bonchev–Trinajstić information content (AvgIpc) is 2.37. The minimum atomic E-state index is -3.61. The normalized spacial score (nSPS) is 13.0. The SMILES string of the molecule is CCOC(=O)c1ccc(S(=O)(=O)NC(C)CC)c(Br)c1. The molecule has 0 aliphatic heterocycles. The second-order valence-electron chi connectivity index (χ2n) is 4.30. The fraction of sp³-hybridized carbons (Fsp3) is 0.462. The molecule has 0 aromatic heterocycles. The Kier molecular flexibility index (Phi) is 6.16. The van der Waals surface area contributed by atoms with Gasteiger partial charge in [-0.1, -0.05) is 6.92 Å². The molecule has 1 atom stereocenters. The van der Waals surface area contributed by atoms with Gasteiger partial charge < -0.3 is 4.74 Å². The van der Waals surface area contributed by atoms with Crippen molar-refractivity contribution in [2.75, 3.05) is 6.61 Å². The third-order valence-corrected chi connectivity index (χ3v) is 5.27. The summed E-state index contributed by atoms with van der Waals surface area (Å²) in [7, 11) is -3.61. The molecule has 20 heavy (non-hydrogen) atoms. The van der Waals surface area contributed by atoms with Crippen LogP contribution < -0.4 is 4.72 Å². The smallest absolute Gasteiger partial charge is 0.338 e. The first kappa shape index (κ1) is 17.1. The molecule has 0 saturated carbocycles. The number of benzene rings is 1. The molecule has 0 radical (unpaired) electrons. The molecule has 1 N–H and O–H groups in total. The quantitative estimate of drug-likeness (QED) is 0.788. The molecule has 0 bridgehead atoms. The minimum Gasteiger partial charge on any atom is -0.462 e. The van der Waals surface area contributed by atoms with Crippen LogP contribution >= 0.6 is 15.9 Å². The summed E-state index contributed by atoms with van der Waals surface area (Å²) >= 11 is 3.19. The summed E-state index contributed by atoms with van der Waals surface area (Å²) < 4.78 is 32.1. The van der Waals surface area contributed by atoms with Crippen molar-refractivity contribution in [1.29, 1.82) is 0 Å². The zero-order valence-electron chi connectivity index (χ0n) is 11.6. The molecule has 0 aliphatic carbocycles. The van der Waals surface area contributed by atoms with Crippen LogP contribution in [0.15, 0.2) is 27.6 Å². The molecule has 0 aliphatic rings. The standard InChI is InChI=1S/C13H18BrNO4S/c1-4-9(3)15-20(17,18)12-7-6-10(8-11(12)14)13(16)19-5-2/h6-9,15H,4-5H2,1-3H3. The number of ether oxygens (including phenoxy) is 1. The van der Waals surface area contributed by atoms with Gasteiger partial charge in [0.05, 0.1) is 17.1 Å². The fourth-order valence-electron chi connectivity index (χ4n) is 1.47. The zero-order chi connectivity index (χ0) is 15.3. The summed E-state index contributed by atoms with van der Waals surface area (Å²) in [6.07, 6.45) is 0.692. The third-order valence-electron chi connectivity index (χ3n) is 2.70. The molecule has 1 aromatic rings. The molecule has 0 spiro atoms. The Labute approximate surface area is 127 Å². The second-order valence-corrected chi connectivity index (χ2v) is 6.83. The Morgan fingerprint density at radius 3 is 2.55 bits per heavy atom. The van der Waals surface area contributed by atoms with Gasteiger partial charge in [-0.15, -0.1) is 0 Å².